The Morgan fingerprint density at radius 1 is 1.34 bits per heavy atom. The van der Waals surface area contributed by atoms with E-state index in [4.69, 9.17) is 14.2 Å². The first-order valence-corrected chi connectivity index (χ1v) is 10.3. The first kappa shape index (κ1) is 19.7. The van der Waals surface area contributed by atoms with Gasteiger partial charge < -0.3 is 24.8 Å². The highest BCUT2D eigenvalue weighted by Gasteiger charge is 2.43. The number of carbonyl (C=O) groups excluding carboxylic acids is 1. The number of esters is 1. The number of ether oxygens (including phenoxy) is 3. The van der Waals surface area contributed by atoms with Crippen LogP contribution in [0, 0.1) is 6.92 Å². The number of aromatic nitrogens is 3. The van der Waals surface area contributed by atoms with Crippen molar-refractivity contribution in [3.05, 3.63) is 23.7 Å². The van der Waals surface area contributed by atoms with Crippen LogP contribution < -0.4 is 15.4 Å². The Hall–Kier alpha value is -2.59. The molecule has 0 atom stereocenters. The highest BCUT2D eigenvalue weighted by Crippen LogP contribution is 2.43. The molecule has 0 aliphatic carbocycles. The summed E-state index contributed by atoms with van der Waals surface area (Å²) in [5.74, 6) is 1.28. The maximum atomic E-state index is 12.4. The van der Waals surface area contributed by atoms with Crippen LogP contribution in [0.25, 0.3) is 0 Å². The lowest BCUT2D eigenvalue weighted by Gasteiger charge is -2.45. The summed E-state index contributed by atoms with van der Waals surface area (Å²) in [6.07, 6.45) is 1.72. The molecule has 154 valence electrons. The van der Waals surface area contributed by atoms with Gasteiger partial charge in [-0.05, 0) is 26.8 Å². The number of rotatable bonds is 6. The van der Waals surface area contributed by atoms with Gasteiger partial charge in [-0.1, -0.05) is 11.8 Å². The van der Waals surface area contributed by atoms with Crippen LogP contribution in [0.5, 0.6) is 5.75 Å². The van der Waals surface area contributed by atoms with Crippen LogP contribution in [0.15, 0.2) is 22.2 Å². The number of nitrogens with zero attached hydrogens (tertiary/aromatic N) is 3. The van der Waals surface area contributed by atoms with Gasteiger partial charge in [0, 0.05) is 12.7 Å². The molecule has 2 aliphatic heterocycles. The lowest BCUT2D eigenvalue weighted by Crippen LogP contribution is -2.61. The molecule has 29 heavy (non-hydrogen) atoms. The first-order chi connectivity index (χ1) is 14.0. The van der Waals surface area contributed by atoms with Gasteiger partial charge in [0.1, 0.15) is 17.2 Å². The number of hydrogen-bond donors (Lipinski definition) is 2. The lowest BCUT2D eigenvalue weighted by atomic mass is 9.97. The minimum Gasteiger partial charge on any atom is -0.486 e. The molecular weight excluding hydrogens is 394 g/mol. The van der Waals surface area contributed by atoms with E-state index in [0.29, 0.717) is 54.5 Å². The summed E-state index contributed by atoms with van der Waals surface area (Å²) in [6, 6.07) is 1.86. The van der Waals surface area contributed by atoms with Crippen molar-refractivity contribution in [3.8, 4) is 5.75 Å². The summed E-state index contributed by atoms with van der Waals surface area (Å²) < 4.78 is 16.5. The minimum atomic E-state index is -0.501. The van der Waals surface area contributed by atoms with Crippen LogP contribution in [0.3, 0.4) is 0 Å². The molecule has 0 bridgehead atoms. The van der Waals surface area contributed by atoms with Crippen molar-refractivity contribution in [2.75, 3.05) is 43.6 Å². The van der Waals surface area contributed by atoms with E-state index in [1.165, 1.54) is 11.8 Å². The number of fused-ring (bicyclic) bond motifs is 1. The molecule has 4 heterocycles. The van der Waals surface area contributed by atoms with E-state index in [2.05, 4.69) is 25.6 Å². The molecule has 0 aromatic carbocycles. The largest absolute Gasteiger partial charge is 0.486 e. The molecule has 1 saturated heterocycles. The van der Waals surface area contributed by atoms with E-state index in [9.17, 15) is 4.79 Å². The zero-order valence-corrected chi connectivity index (χ0v) is 17.4. The number of carbonyl (C=O) groups is 1. The third-order valence-electron chi connectivity index (χ3n) is 4.55. The van der Waals surface area contributed by atoms with Crippen molar-refractivity contribution in [1.82, 2.24) is 15.0 Å². The average Bonchev–Trinajstić information content (AvgIpc) is 2.69. The average molecular weight is 417 g/mol. The van der Waals surface area contributed by atoms with E-state index >= 15 is 0 Å². The van der Waals surface area contributed by atoms with Crippen molar-refractivity contribution in [3.63, 3.8) is 0 Å². The zero-order chi connectivity index (χ0) is 20.4. The van der Waals surface area contributed by atoms with Gasteiger partial charge >= 0.3 is 5.97 Å². The second kappa shape index (κ2) is 8.03. The van der Waals surface area contributed by atoms with E-state index in [1.54, 1.807) is 13.1 Å². The van der Waals surface area contributed by atoms with Crippen LogP contribution in [0.4, 0.5) is 11.6 Å². The summed E-state index contributed by atoms with van der Waals surface area (Å²) in [7, 11) is 0. The van der Waals surface area contributed by atoms with Crippen molar-refractivity contribution >= 4 is 29.4 Å². The highest BCUT2D eigenvalue weighted by atomic mass is 32.2. The SMILES string of the molecule is CCNc1nc(C)c(Sc2ccnc3c2OCC2(COC2)N3)nc1C(=O)OCC. The molecule has 0 unspecified atom stereocenters. The van der Waals surface area contributed by atoms with Gasteiger partial charge in [-0.3, -0.25) is 0 Å². The fourth-order valence-corrected chi connectivity index (χ4v) is 3.99. The van der Waals surface area contributed by atoms with Crippen molar-refractivity contribution in [2.45, 2.75) is 36.2 Å². The molecule has 10 heteroatoms. The topological polar surface area (TPSA) is 107 Å². The second-order valence-electron chi connectivity index (χ2n) is 6.84. The summed E-state index contributed by atoms with van der Waals surface area (Å²) in [6.45, 7) is 8.16. The molecular formula is C19H23N5O4S. The predicted molar refractivity (Wildman–Crippen MR) is 108 cm³/mol. The van der Waals surface area contributed by atoms with Crippen LogP contribution in [0.1, 0.15) is 30.0 Å². The molecule has 1 fully saturated rings. The fourth-order valence-electron chi connectivity index (χ4n) is 3.08. The Kier molecular flexibility index (Phi) is 5.46. The molecule has 0 saturated carbocycles. The Morgan fingerprint density at radius 3 is 2.86 bits per heavy atom. The van der Waals surface area contributed by atoms with Gasteiger partial charge in [0.25, 0.3) is 0 Å². The standard InChI is InChI=1S/C19H23N5O4S/c1-4-20-15-13(18(25)27-5-2)23-17(11(3)22-15)29-12-6-7-21-16-14(12)28-10-19(24-16)8-26-9-19/h6-7H,4-5,8-10H2,1-3H3,(H,20,22)(H,21,24). The molecule has 2 aromatic rings. The van der Waals surface area contributed by atoms with Gasteiger partial charge in [-0.25, -0.2) is 19.7 Å². The van der Waals surface area contributed by atoms with Crippen LogP contribution >= 0.6 is 11.8 Å². The van der Waals surface area contributed by atoms with Gasteiger partial charge in [0.15, 0.2) is 23.1 Å². The van der Waals surface area contributed by atoms with Crippen molar-refractivity contribution < 1.29 is 19.0 Å². The number of aryl methyl sites for hydroxylation is 1. The number of anilines is 2. The predicted octanol–water partition coefficient (Wildman–Crippen LogP) is 2.51. The first-order valence-electron chi connectivity index (χ1n) is 9.50. The Labute approximate surface area is 173 Å². The molecule has 4 rings (SSSR count). The number of nitrogens with one attached hydrogen (secondary N) is 2. The van der Waals surface area contributed by atoms with Gasteiger partial charge in [-0.2, -0.15) is 0 Å². The number of hydrogen-bond acceptors (Lipinski definition) is 10. The summed E-state index contributed by atoms with van der Waals surface area (Å²) in [4.78, 5) is 26.7. The normalized spacial score (nSPS) is 16.2. The molecule has 2 N–H and O–H groups in total. The molecule has 2 aromatic heterocycles. The van der Waals surface area contributed by atoms with Crippen LogP contribution in [0.2, 0.25) is 0 Å². The van der Waals surface area contributed by atoms with Crippen LogP contribution in [-0.4, -0.2) is 59.4 Å². The molecule has 1 spiro atoms. The Morgan fingerprint density at radius 2 is 2.17 bits per heavy atom. The quantitative estimate of drug-likeness (QED) is 0.681. The number of pyridine rings is 1. The third kappa shape index (κ3) is 3.82. The molecule has 2 aliphatic rings. The summed E-state index contributed by atoms with van der Waals surface area (Å²) >= 11 is 1.39. The van der Waals surface area contributed by atoms with E-state index < -0.39 is 5.97 Å². The molecule has 0 radical (unpaired) electrons. The zero-order valence-electron chi connectivity index (χ0n) is 16.6. The second-order valence-corrected chi connectivity index (χ2v) is 7.87. The third-order valence-corrected chi connectivity index (χ3v) is 5.67. The summed E-state index contributed by atoms with van der Waals surface area (Å²) in [5.41, 5.74) is 0.690. The smallest absolute Gasteiger partial charge is 0.360 e. The van der Waals surface area contributed by atoms with Crippen molar-refractivity contribution in [2.24, 2.45) is 0 Å². The lowest BCUT2D eigenvalue weighted by molar-refractivity contribution is -0.0652. The van der Waals surface area contributed by atoms with E-state index in [0.717, 1.165) is 4.90 Å². The van der Waals surface area contributed by atoms with Gasteiger partial charge in [0.2, 0.25) is 0 Å². The maximum Gasteiger partial charge on any atom is 0.360 e. The fraction of sp³-hybridized carbons (Fsp3) is 0.474. The Bertz CT molecular complexity index is 935. The van der Waals surface area contributed by atoms with Crippen LogP contribution in [-0.2, 0) is 9.47 Å². The maximum absolute atomic E-state index is 12.4. The molecule has 0 amide bonds. The molecule has 9 nitrogen and oxygen atoms in total. The van der Waals surface area contributed by atoms with Gasteiger partial charge in [0.05, 0.1) is 30.4 Å². The Balaban J connectivity index is 1.65. The highest BCUT2D eigenvalue weighted by molar-refractivity contribution is 7.99. The monoisotopic (exact) mass is 417 g/mol. The van der Waals surface area contributed by atoms with Gasteiger partial charge in [-0.15, -0.1) is 0 Å². The minimum absolute atomic E-state index is 0.175. The van der Waals surface area contributed by atoms with E-state index in [1.807, 2.05) is 19.9 Å². The summed E-state index contributed by atoms with van der Waals surface area (Å²) in [5, 5.41) is 7.12. The van der Waals surface area contributed by atoms with E-state index in [-0.39, 0.29) is 17.8 Å². The van der Waals surface area contributed by atoms with Crippen molar-refractivity contribution in [1.29, 1.82) is 0 Å².